The van der Waals surface area contributed by atoms with Gasteiger partial charge in [-0.05, 0) is 6.92 Å². The molecule has 0 aliphatic rings. The Bertz CT molecular complexity index is 554. The third kappa shape index (κ3) is 1.69. The lowest BCUT2D eigenvalue weighted by atomic mass is 10.4. The zero-order chi connectivity index (χ0) is 11.7. The van der Waals surface area contributed by atoms with E-state index in [9.17, 15) is 4.79 Å². The lowest BCUT2D eigenvalue weighted by Crippen LogP contribution is -2.18. The maximum atomic E-state index is 11.7. The van der Waals surface area contributed by atoms with Crippen molar-refractivity contribution in [2.75, 3.05) is 19.0 Å². The summed E-state index contributed by atoms with van der Waals surface area (Å²) in [6, 6.07) is 1.75. The number of anilines is 1. The van der Waals surface area contributed by atoms with Crippen LogP contribution in [-0.2, 0) is 0 Å². The largest absolute Gasteiger partial charge is 0.363 e. The van der Waals surface area contributed by atoms with Gasteiger partial charge in [-0.1, -0.05) is 0 Å². The molecule has 0 aliphatic carbocycles. The second-order valence-corrected chi connectivity index (χ2v) is 3.73. The molecule has 0 bridgehead atoms. The first-order valence-corrected chi connectivity index (χ1v) is 4.86. The molecule has 0 fully saturated rings. The molecule has 0 saturated heterocycles. The Morgan fingerprint density at radius 1 is 1.38 bits per heavy atom. The molecule has 0 spiro atoms. The number of aryl methyl sites for hydroxylation is 1. The molecule has 0 amide bonds. The van der Waals surface area contributed by atoms with Crippen LogP contribution in [0.4, 0.5) is 5.82 Å². The van der Waals surface area contributed by atoms with Crippen molar-refractivity contribution in [1.82, 2.24) is 19.7 Å². The van der Waals surface area contributed by atoms with Crippen molar-refractivity contribution < 1.29 is 0 Å². The summed E-state index contributed by atoms with van der Waals surface area (Å²) in [5.74, 6) is 1.29. The molecule has 6 heteroatoms. The lowest BCUT2D eigenvalue weighted by Gasteiger charge is -2.11. The van der Waals surface area contributed by atoms with Gasteiger partial charge in [0.05, 0.1) is 0 Å². The zero-order valence-corrected chi connectivity index (χ0v) is 9.43. The van der Waals surface area contributed by atoms with Crippen LogP contribution in [0, 0.1) is 6.92 Å². The van der Waals surface area contributed by atoms with Gasteiger partial charge in [0.15, 0.2) is 5.82 Å². The van der Waals surface area contributed by atoms with Crippen LogP contribution in [0.15, 0.2) is 23.4 Å². The van der Waals surface area contributed by atoms with Gasteiger partial charge in [0.1, 0.15) is 12.1 Å². The van der Waals surface area contributed by atoms with E-state index in [1.807, 2.05) is 19.0 Å². The highest BCUT2D eigenvalue weighted by Gasteiger charge is 2.07. The van der Waals surface area contributed by atoms with Crippen molar-refractivity contribution in [3.05, 3.63) is 34.5 Å². The summed E-state index contributed by atoms with van der Waals surface area (Å²) in [5.41, 5.74) is 0.563. The normalized spacial score (nSPS) is 10.4. The molecule has 0 radical (unpaired) electrons. The van der Waals surface area contributed by atoms with Gasteiger partial charge in [-0.15, -0.1) is 0 Å². The first kappa shape index (κ1) is 10.4. The van der Waals surface area contributed by atoms with E-state index in [2.05, 4.69) is 15.1 Å². The summed E-state index contributed by atoms with van der Waals surface area (Å²) < 4.78 is 1.39. The minimum Gasteiger partial charge on any atom is -0.363 e. The highest BCUT2D eigenvalue weighted by Crippen LogP contribution is 2.08. The fourth-order valence-corrected chi connectivity index (χ4v) is 1.33. The molecule has 16 heavy (non-hydrogen) atoms. The van der Waals surface area contributed by atoms with Crippen molar-refractivity contribution in [2.24, 2.45) is 0 Å². The third-order valence-electron chi connectivity index (χ3n) is 2.28. The Morgan fingerprint density at radius 3 is 2.69 bits per heavy atom. The van der Waals surface area contributed by atoms with Crippen LogP contribution in [0.2, 0.25) is 0 Å². The summed E-state index contributed by atoms with van der Waals surface area (Å²) in [7, 11) is 3.77. The standard InChI is InChI=1S/C10H13N5O/c1-7-5-13-15(10(7)16)9-4-8(14(2)3)11-6-12-9/h4-6,13H,1-3H3. The molecule has 2 aromatic rings. The molecule has 0 aromatic carbocycles. The predicted octanol–water partition coefficient (Wildman–Crippen LogP) is 0.330. The van der Waals surface area contributed by atoms with E-state index in [-0.39, 0.29) is 5.56 Å². The third-order valence-corrected chi connectivity index (χ3v) is 2.28. The van der Waals surface area contributed by atoms with E-state index in [0.717, 1.165) is 5.82 Å². The van der Waals surface area contributed by atoms with E-state index >= 15 is 0 Å². The fraction of sp³-hybridized carbons (Fsp3) is 0.300. The molecular weight excluding hydrogens is 206 g/mol. The molecule has 0 unspecified atom stereocenters. The maximum absolute atomic E-state index is 11.7. The number of aromatic amines is 1. The van der Waals surface area contributed by atoms with E-state index in [0.29, 0.717) is 11.4 Å². The SMILES string of the molecule is Cc1c[nH]n(-c2cc(N(C)C)ncn2)c1=O. The van der Waals surface area contributed by atoms with Gasteiger partial charge < -0.3 is 4.90 Å². The van der Waals surface area contributed by atoms with Crippen molar-refractivity contribution >= 4 is 5.82 Å². The van der Waals surface area contributed by atoms with Gasteiger partial charge in [0.25, 0.3) is 5.56 Å². The van der Waals surface area contributed by atoms with Gasteiger partial charge in [-0.25, -0.2) is 14.6 Å². The highest BCUT2D eigenvalue weighted by molar-refractivity contribution is 5.41. The number of rotatable bonds is 2. The van der Waals surface area contributed by atoms with Gasteiger partial charge >= 0.3 is 0 Å². The van der Waals surface area contributed by atoms with Crippen LogP contribution in [-0.4, -0.2) is 33.8 Å². The second kappa shape index (κ2) is 3.80. The summed E-state index contributed by atoms with van der Waals surface area (Å²) in [5, 5.41) is 2.85. The van der Waals surface area contributed by atoms with E-state index in [1.54, 1.807) is 19.2 Å². The predicted molar refractivity (Wildman–Crippen MR) is 61.0 cm³/mol. The molecule has 84 valence electrons. The van der Waals surface area contributed by atoms with Crippen LogP contribution in [0.25, 0.3) is 5.82 Å². The Labute approximate surface area is 92.6 Å². The topological polar surface area (TPSA) is 66.8 Å². The van der Waals surface area contributed by atoms with Crippen LogP contribution < -0.4 is 10.5 Å². The van der Waals surface area contributed by atoms with Crippen LogP contribution in [0.1, 0.15) is 5.56 Å². The number of aromatic nitrogens is 4. The summed E-state index contributed by atoms with van der Waals surface area (Å²) in [4.78, 5) is 21.7. The van der Waals surface area contributed by atoms with Crippen molar-refractivity contribution in [1.29, 1.82) is 0 Å². The Balaban J connectivity index is 2.53. The van der Waals surface area contributed by atoms with E-state index in [4.69, 9.17) is 0 Å². The first-order chi connectivity index (χ1) is 7.59. The number of hydrogen-bond donors (Lipinski definition) is 1. The Morgan fingerprint density at radius 2 is 2.12 bits per heavy atom. The van der Waals surface area contributed by atoms with Crippen LogP contribution >= 0.6 is 0 Å². The van der Waals surface area contributed by atoms with Crippen molar-refractivity contribution in [2.45, 2.75) is 6.92 Å². The van der Waals surface area contributed by atoms with E-state index in [1.165, 1.54) is 11.0 Å². The van der Waals surface area contributed by atoms with Gasteiger partial charge in [-0.2, -0.15) is 0 Å². The monoisotopic (exact) mass is 219 g/mol. The van der Waals surface area contributed by atoms with Gasteiger partial charge in [0, 0.05) is 31.9 Å². The van der Waals surface area contributed by atoms with Crippen molar-refractivity contribution in [3.63, 3.8) is 0 Å². The molecular formula is C10H13N5O. The molecule has 6 nitrogen and oxygen atoms in total. The van der Waals surface area contributed by atoms with E-state index < -0.39 is 0 Å². The number of H-pyrrole nitrogens is 1. The smallest absolute Gasteiger partial charge is 0.275 e. The number of nitrogens with zero attached hydrogens (tertiary/aromatic N) is 4. The summed E-state index contributed by atoms with van der Waals surface area (Å²) >= 11 is 0. The molecule has 2 heterocycles. The average molecular weight is 219 g/mol. The minimum atomic E-state index is -0.0941. The van der Waals surface area contributed by atoms with Gasteiger partial charge in [0.2, 0.25) is 0 Å². The maximum Gasteiger partial charge on any atom is 0.275 e. The molecule has 0 saturated carbocycles. The van der Waals surface area contributed by atoms with Gasteiger partial charge in [-0.3, -0.25) is 9.89 Å². The molecule has 1 N–H and O–H groups in total. The quantitative estimate of drug-likeness (QED) is 0.790. The highest BCUT2D eigenvalue weighted by atomic mass is 16.1. The molecule has 0 aliphatic heterocycles. The number of nitrogens with one attached hydrogen (secondary N) is 1. The molecule has 2 rings (SSSR count). The van der Waals surface area contributed by atoms with Crippen molar-refractivity contribution in [3.8, 4) is 5.82 Å². The minimum absolute atomic E-state index is 0.0941. The Hall–Kier alpha value is -2.11. The zero-order valence-electron chi connectivity index (χ0n) is 9.43. The van der Waals surface area contributed by atoms with Crippen LogP contribution in [0.5, 0.6) is 0 Å². The van der Waals surface area contributed by atoms with Crippen LogP contribution in [0.3, 0.4) is 0 Å². The lowest BCUT2D eigenvalue weighted by molar-refractivity contribution is 0.809. The summed E-state index contributed by atoms with van der Waals surface area (Å²) in [6.45, 7) is 1.75. The fourth-order valence-electron chi connectivity index (χ4n) is 1.33. The molecule has 2 aromatic heterocycles. The number of hydrogen-bond acceptors (Lipinski definition) is 4. The molecule has 0 atom stereocenters. The Kier molecular flexibility index (Phi) is 2.47. The summed E-state index contributed by atoms with van der Waals surface area (Å²) in [6.07, 6.45) is 3.09. The second-order valence-electron chi connectivity index (χ2n) is 3.73. The average Bonchev–Trinajstić information content (AvgIpc) is 2.60. The first-order valence-electron chi connectivity index (χ1n) is 4.86.